The fourth-order valence-electron chi connectivity index (χ4n) is 8.39. The Bertz CT molecular complexity index is 3260. The van der Waals surface area contributed by atoms with E-state index in [0.717, 1.165) is 50.6 Å². The maximum atomic E-state index is 14.6. The molecule has 22 heteroatoms. The van der Waals surface area contributed by atoms with Crippen molar-refractivity contribution in [2.24, 2.45) is 7.05 Å². The Kier molecular flexibility index (Phi) is 11.5. The number of aryl methyl sites for hydroxylation is 1. The number of fused-ring (bicyclic) bond motifs is 2. The average Bonchev–Trinajstić information content (AvgIpc) is 4.15. The van der Waals surface area contributed by atoms with Crippen molar-refractivity contribution in [2.75, 3.05) is 87.0 Å². The molecule has 10 rings (SSSR count). The lowest BCUT2D eigenvalue weighted by atomic mass is 10.2. The third kappa shape index (κ3) is 7.82. The third-order valence-electron chi connectivity index (χ3n) is 11.7. The number of para-hydroxylation sites is 1. The van der Waals surface area contributed by atoms with Gasteiger partial charge in [-0.25, -0.2) is 28.7 Å². The Labute approximate surface area is 384 Å². The molecule has 0 radical (unpaired) electrons. The molecule has 8 heterocycles. The molecule has 0 bridgehead atoms. The first kappa shape index (κ1) is 42.5. The smallest absolute Gasteiger partial charge is 0.336 e. The Morgan fingerprint density at radius 2 is 1.36 bits per heavy atom. The van der Waals surface area contributed by atoms with Crippen LogP contribution < -0.4 is 51.9 Å². The van der Waals surface area contributed by atoms with E-state index in [9.17, 15) is 19.2 Å². The average molecular weight is 929 g/mol. The van der Waals surface area contributed by atoms with Crippen molar-refractivity contribution >= 4 is 79.3 Å². The fraction of sp³-hybridized carbons (Fsp3) is 0.273. The molecule has 0 unspecified atom stereocenters. The first-order valence-corrected chi connectivity index (χ1v) is 22.9. The summed E-state index contributed by atoms with van der Waals surface area (Å²) in [4.78, 5) is 78.1. The number of amides is 2. The van der Waals surface area contributed by atoms with E-state index in [0.29, 0.717) is 74.0 Å². The minimum absolute atomic E-state index is 0.0473. The molecule has 20 nitrogen and oxygen atoms in total. The van der Waals surface area contributed by atoms with Crippen molar-refractivity contribution < 1.29 is 19.1 Å². The van der Waals surface area contributed by atoms with Crippen LogP contribution in [0.4, 0.5) is 22.7 Å². The largest absolute Gasteiger partial charge is 0.497 e. The van der Waals surface area contributed by atoms with Gasteiger partial charge in [-0.15, -0.1) is 22.7 Å². The molecular formula is C44H44N14O6S2. The van der Waals surface area contributed by atoms with Crippen molar-refractivity contribution in [3.05, 3.63) is 116 Å². The summed E-state index contributed by atoms with van der Waals surface area (Å²) in [5, 5.41) is 16.6. The van der Waals surface area contributed by atoms with Crippen LogP contribution in [0.3, 0.4) is 0 Å². The van der Waals surface area contributed by atoms with Crippen LogP contribution in [0.5, 0.6) is 11.5 Å². The quantitative estimate of drug-likeness (QED) is 0.138. The molecule has 6 aromatic heterocycles. The summed E-state index contributed by atoms with van der Waals surface area (Å²) in [7, 11) is 4.78. The van der Waals surface area contributed by atoms with Gasteiger partial charge >= 0.3 is 11.4 Å². The van der Waals surface area contributed by atoms with Gasteiger partial charge in [0.15, 0.2) is 10.3 Å². The van der Waals surface area contributed by atoms with Crippen LogP contribution in [-0.4, -0.2) is 117 Å². The summed E-state index contributed by atoms with van der Waals surface area (Å²) in [6, 6.07) is 14.5. The highest BCUT2D eigenvalue weighted by Crippen LogP contribution is 2.32. The highest BCUT2D eigenvalue weighted by atomic mass is 32.1. The zero-order valence-electron chi connectivity index (χ0n) is 36.1. The van der Waals surface area contributed by atoms with E-state index in [2.05, 4.69) is 46.0 Å². The number of carbonyl (C=O) groups is 2. The summed E-state index contributed by atoms with van der Waals surface area (Å²) in [6.07, 6.45) is 4.92. The van der Waals surface area contributed by atoms with Gasteiger partial charge in [-0.1, -0.05) is 6.07 Å². The van der Waals surface area contributed by atoms with Crippen molar-refractivity contribution in [3.63, 3.8) is 0 Å². The lowest BCUT2D eigenvalue weighted by Gasteiger charge is -2.31. The number of benzene rings is 2. The normalized spacial score (nSPS) is 14.2. The van der Waals surface area contributed by atoms with E-state index in [4.69, 9.17) is 14.5 Å². The van der Waals surface area contributed by atoms with Crippen LogP contribution in [0.25, 0.3) is 32.3 Å². The van der Waals surface area contributed by atoms with Crippen LogP contribution in [0.2, 0.25) is 0 Å². The summed E-state index contributed by atoms with van der Waals surface area (Å²) in [5.74, 6) is 0.181. The number of ether oxygens (including phenoxy) is 2. The molecule has 8 aromatic rings. The summed E-state index contributed by atoms with van der Waals surface area (Å²) in [6.45, 7) is 6.07. The minimum Gasteiger partial charge on any atom is -0.497 e. The molecule has 2 aliphatic heterocycles. The van der Waals surface area contributed by atoms with E-state index in [1.807, 2.05) is 18.2 Å². The van der Waals surface area contributed by atoms with Crippen molar-refractivity contribution in [2.45, 2.75) is 6.54 Å². The zero-order valence-corrected chi connectivity index (χ0v) is 37.7. The summed E-state index contributed by atoms with van der Waals surface area (Å²) < 4.78 is 17.2. The van der Waals surface area contributed by atoms with E-state index in [1.165, 1.54) is 36.4 Å². The molecule has 66 heavy (non-hydrogen) atoms. The molecule has 2 amide bonds. The monoisotopic (exact) mass is 928 g/mol. The lowest BCUT2D eigenvalue weighted by Crippen LogP contribution is -2.44. The van der Waals surface area contributed by atoms with Gasteiger partial charge in [-0.2, -0.15) is 0 Å². The second kappa shape index (κ2) is 17.9. The van der Waals surface area contributed by atoms with Crippen LogP contribution in [0.1, 0.15) is 26.7 Å². The fourth-order valence-corrected chi connectivity index (χ4v) is 10.0. The van der Waals surface area contributed by atoms with Crippen LogP contribution >= 0.6 is 22.7 Å². The molecule has 2 aliphatic rings. The number of piperazine rings is 2. The maximum absolute atomic E-state index is 14.6. The number of aromatic nitrogens is 8. The predicted octanol–water partition coefficient (Wildman–Crippen LogP) is 3.53. The van der Waals surface area contributed by atoms with Crippen molar-refractivity contribution in [1.29, 1.82) is 0 Å². The van der Waals surface area contributed by atoms with Gasteiger partial charge in [0, 0.05) is 82.4 Å². The lowest BCUT2D eigenvalue weighted by molar-refractivity contribution is 0.101. The molecular weight excluding hydrogens is 885 g/mol. The Balaban J connectivity index is 0.944. The van der Waals surface area contributed by atoms with Crippen molar-refractivity contribution in [1.82, 2.24) is 48.8 Å². The number of carbonyl (C=O) groups excluding carboxylic acids is 2. The van der Waals surface area contributed by atoms with Gasteiger partial charge in [-0.05, 0) is 36.4 Å². The Morgan fingerprint density at radius 3 is 2.02 bits per heavy atom. The number of thiazole rings is 2. The van der Waals surface area contributed by atoms with Gasteiger partial charge in [0.25, 0.3) is 11.8 Å². The SMILES string of the molecule is COc1ccc2c(c1)n(C)c(=O)n2-c1nc(C(=O)Nc2cnc(Cn3c(=O)n(-c4nc(C(=O)Nc5cnccc5N5CCNCC5)cs4)c4cccc(OC)c43)cc2N2CCNCC2)cs1. The van der Waals surface area contributed by atoms with E-state index in [1.54, 1.807) is 85.5 Å². The number of nitrogens with zero attached hydrogens (tertiary/aromatic N) is 10. The number of hydrogen-bond donors (Lipinski definition) is 4. The Hall–Kier alpha value is -7.40. The van der Waals surface area contributed by atoms with Gasteiger partial charge in [-0.3, -0.25) is 28.7 Å². The van der Waals surface area contributed by atoms with Gasteiger partial charge < -0.3 is 40.5 Å². The number of rotatable bonds is 12. The van der Waals surface area contributed by atoms with Crippen LogP contribution in [0.15, 0.2) is 87.5 Å². The third-order valence-corrected chi connectivity index (χ3v) is 13.3. The summed E-state index contributed by atoms with van der Waals surface area (Å²) >= 11 is 2.36. The molecule has 0 aliphatic carbocycles. The number of pyridine rings is 2. The Morgan fingerprint density at radius 1 is 0.727 bits per heavy atom. The van der Waals surface area contributed by atoms with Gasteiger partial charge in [0.2, 0.25) is 0 Å². The second-order valence-corrected chi connectivity index (χ2v) is 17.2. The molecule has 2 aromatic carbocycles. The van der Waals surface area contributed by atoms with E-state index >= 15 is 0 Å². The highest BCUT2D eigenvalue weighted by Gasteiger charge is 2.26. The highest BCUT2D eigenvalue weighted by molar-refractivity contribution is 7.12. The van der Waals surface area contributed by atoms with Gasteiger partial charge in [0.05, 0.1) is 78.2 Å². The van der Waals surface area contributed by atoms with E-state index in [-0.39, 0.29) is 23.6 Å². The number of imidazole rings is 2. The van der Waals surface area contributed by atoms with Crippen molar-refractivity contribution in [3.8, 4) is 21.8 Å². The summed E-state index contributed by atoms with van der Waals surface area (Å²) in [5.41, 5.74) is 5.10. The van der Waals surface area contributed by atoms with Crippen LogP contribution in [-0.2, 0) is 13.6 Å². The topological polar surface area (TPSA) is 213 Å². The molecule has 0 saturated carbocycles. The molecule has 4 N–H and O–H groups in total. The molecule has 0 spiro atoms. The standard InChI is InChI=1S/C44H44N14O6S2/c1-53-36-20-27(63-2)7-8-33(36)57(43(53)61)41-51-31(24-65-41)40(60)50-29-22-48-26(19-35(29)55-17-13-46-14-18-55)23-56-38-34(5-4-6-37(38)64-3)58(44(56)62)42-52-30(25-66-42)39(59)49-28-21-47-10-9-32(28)54-15-11-45-12-16-54/h4-10,19-22,24-25,45-46H,11-18,23H2,1-3H3,(H,49,59)(H,50,60). The minimum atomic E-state index is -0.473. The number of anilines is 4. The number of nitrogens with one attached hydrogen (secondary N) is 4. The first-order valence-electron chi connectivity index (χ1n) is 21.1. The van der Waals surface area contributed by atoms with Crippen LogP contribution in [0, 0.1) is 0 Å². The predicted molar refractivity (Wildman–Crippen MR) is 254 cm³/mol. The zero-order chi connectivity index (χ0) is 45.5. The number of methoxy groups -OCH3 is 2. The number of hydrogen-bond acceptors (Lipinski definition) is 16. The van der Waals surface area contributed by atoms with Gasteiger partial charge in [0.1, 0.15) is 28.4 Å². The molecule has 0 atom stereocenters. The molecule has 2 fully saturated rings. The molecule has 2 saturated heterocycles. The van der Waals surface area contributed by atoms with E-state index < -0.39 is 17.5 Å². The molecule has 338 valence electrons. The second-order valence-electron chi connectivity index (χ2n) is 15.6. The first-order chi connectivity index (χ1) is 32.2. The maximum Gasteiger partial charge on any atom is 0.336 e.